The van der Waals surface area contributed by atoms with Gasteiger partial charge in [0, 0.05) is 35.9 Å². The topological polar surface area (TPSA) is 33.1 Å². The van der Waals surface area contributed by atoms with Gasteiger partial charge in [0.1, 0.15) is 18.7 Å². The smallest absolute Gasteiger partial charge is 0.131 e. The molecule has 2 bridgehead atoms. The molecule has 3 aromatic rings. The van der Waals surface area contributed by atoms with Gasteiger partial charge in [-0.25, -0.2) is 0 Å². The Kier molecular flexibility index (Phi) is 7.06. The molecule has 3 aliphatic rings. The third kappa shape index (κ3) is 4.48. The van der Waals surface area contributed by atoms with Gasteiger partial charge in [-0.15, -0.1) is 6.58 Å². The number of aliphatic hydroxyl groups is 1. The lowest BCUT2D eigenvalue weighted by Crippen LogP contribution is -3.00. The van der Waals surface area contributed by atoms with Crippen molar-refractivity contribution in [3.05, 3.63) is 90.1 Å². The average molecular weight is 522 g/mol. The predicted molar refractivity (Wildman–Crippen MR) is 136 cm³/mol. The van der Waals surface area contributed by atoms with Crippen LogP contribution >= 0.6 is 0 Å². The van der Waals surface area contributed by atoms with E-state index < -0.39 is 6.10 Å². The van der Waals surface area contributed by atoms with Crippen molar-refractivity contribution in [1.29, 1.82) is 0 Å². The first kappa shape index (κ1) is 25.1. The number of rotatable bonds is 5. The average Bonchev–Trinajstić information content (AvgIpc) is 2.83. The van der Waals surface area contributed by atoms with Gasteiger partial charge in [-0.05, 0) is 34.6 Å². The fraction of sp³-hybridized carbons (Fsp3) is 0.433. The van der Waals surface area contributed by atoms with E-state index in [1.54, 1.807) is 0 Å². The Morgan fingerprint density at radius 3 is 2.56 bits per heavy atom. The molecule has 1 unspecified atom stereocenters. The molecule has 1 N–H and O–H groups in total. The summed E-state index contributed by atoms with van der Waals surface area (Å²) in [5.74, 6) is 1.16. The van der Waals surface area contributed by atoms with Crippen LogP contribution in [0.15, 0.2) is 73.4 Å². The number of aliphatic hydroxyl groups excluding tert-OH is 1. The van der Waals surface area contributed by atoms with Gasteiger partial charge in [0.25, 0.3) is 0 Å². The van der Waals surface area contributed by atoms with Crippen LogP contribution in [0.25, 0.3) is 10.9 Å². The van der Waals surface area contributed by atoms with Crippen LogP contribution in [0.2, 0.25) is 0 Å². The van der Waals surface area contributed by atoms with E-state index in [2.05, 4.69) is 68.7 Å². The predicted octanol–water partition coefficient (Wildman–Crippen LogP) is 3.18. The summed E-state index contributed by atoms with van der Waals surface area (Å²) in [4.78, 5) is 4.53. The lowest BCUT2D eigenvalue weighted by Gasteiger charge is -2.58. The highest BCUT2D eigenvalue weighted by atomic mass is 79.9. The zero-order valence-corrected chi connectivity index (χ0v) is 22.2. The van der Waals surface area contributed by atoms with Crippen LogP contribution in [-0.2, 0) is 12.0 Å². The molecule has 3 fully saturated rings. The van der Waals surface area contributed by atoms with Crippen LogP contribution in [0, 0.1) is 11.8 Å². The molecule has 0 saturated carbocycles. The SMILES string of the molecule is C=C[C@H]1C[N+]2(Cc3ccc(C(C)(C)C)cc3)CC[C@H]1C[C@@H]2[C@@H](O)c1ccnc2ccccc12.[Br-]. The second kappa shape index (κ2) is 9.56. The summed E-state index contributed by atoms with van der Waals surface area (Å²) in [5.41, 5.74) is 4.87. The van der Waals surface area contributed by atoms with Crippen LogP contribution in [0.4, 0.5) is 0 Å². The molecular formula is C30H37BrN2O. The number of pyridine rings is 1. The van der Waals surface area contributed by atoms with E-state index in [1.165, 1.54) is 17.5 Å². The van der Waals surface area contributed by atoms with Crippen molar-refractivity contribution in [3.63, 3.8) is 0 Å². The van der Waals surface area contributed by atoms with Crippen molar-refractivity contribution >= 4 is 10.9 Å². The van der Waals surface area contributed by atoms with E-state index in [9.17, 15) is 5.11 Å². The summed E-state index contributed by atoms with van der Waals surface area (Å²) < 4.78 is 0.944. The first-order valence-electron chi connectivity index (χ1n) is 12.4. The third-order valence-electron chi connectivity index (χ3n) is 8.36. The van der Waals surface area contributed by atoms with Gasteiger partial charge in [0.2, 0.25) is 0 Å². The summed E-state index contributed by atoms with van der Waals surface area (Å²) in [7, 11) is 0. The highest BCUT2D eigenvalue weighted by Crippen LogP contribution is 2.48. The molecule has 34 heavy (non-hydrogen) atoms. The summed E-state index contributed by atoms with van der Waals surface area (Å²) in [6.45, 7) is 14.1. The van der Waals surface area contributed by atoms with Crippen LogP contribution in [0.1, 0.15) is 56.4 Å². The molecule has 3 saturated heterocycles. The Hall–Kier alpha value is -2.01. The number of para-hydroxylation sites is 1. The number of nitrogens with zero attached hydrogens (tertiary/aromatic N) is 2. The van der Waals surface area contributed by atoms with E-state index in [-0.39, 0.29) is 28.4 Å². The first-order chi connectivity index (χ1) is 15.8. The molecule has 0 aliphatic carbocycles. The lowest BCUT2D eigenvalue weighted by molar-refractivity contribution is -0.984. The fourth-order valence-electron chi connectivity index (χ4n) is 6.44. The normalized spacial score (nSPS) is 27.2. The Bertz CT molecular complexity index is 1150. The molecular weight excluding hydrogens is 484 g/mol. The fourth-order valence-corrected chi connectivity index (χ4v) is 6.44. The maximum atomic E-state index is 11.8. The number of quaternary nitrogens is 1. The molecule has 1 aromatic heterocycles. The van der Waals surface area contributed by atoms with Gasteiger partial charge in [0.05, 0.1) is 18.6 Å². The minimum atomic E-state index is -0.500. The number of piperidine rings is 3. The van der Waals surface area contributed by atoms with Crippen molar-refractivity contribution < 1.29 is 26.6 Å². The van der Waals surface area contributed by atoms with Crippen LogP contribution in [0.3, 0.4) is 0 Å². The second-order valence-corrected chi connectivity index (χ2v) is 11.3. The highest BCUT2D eigenvalue weighted by molar-refractivity contribution is 5.82. The van der Waals surface area contributed by atoms with Gasteiger partial charge >= 0.3 is 0 Å². The Balaban J connectivity index is 0.00000274. The van der Waals surface area contributed by atoms with Gasteiger partial charge in [-0.2, -0.15) is 0 Å². The molecule has 180 valence electrons. The summed E-state index contributed by atoms with van der Waals surface area (Å²) >= 11 is 0. The van der Waals surface area contributed by atoms with Gasteiger partial charge in [-0.1, -0.05) is 69.3 Å². The molecule has 0 spiro atoms. The quantitative estimate of drug-likeness (QED) is 0.414. The molecule has 5 atom stereocenters. The minimum absolute atomic E-state index is 0. The van der Waals surface area contributed by atoms with Crippen molar-refractivity contribution in [2.24, 2.45) is 11.8 Å². The molecule has 3 aliphatic heterocycles. The highest BCUT2D eigenvalue weighted by Gasteiger charge is 2.54. The van der Waals surface area contributed by atoms with Crippen molar-refractivity contribution in [1.82, 2.24) is 4.98 Å². The maximum absolute atomic E-state index is 11.8. The van der Waals surface area contributed by atoms with Crippen LogP contribution in [0.5, 0.6) is 0 Å². The number of hydrogen-bond acceptors (Lipinski definition) is 2. The number of benzene rings is 2. The Morgan fingerprint density at radius 2 is 1.85 bits per heavy atom. The third-order valence-corrected chi connectivity index (χ3v) is 8.36. The lowest BCUT2D eigenvalue weighted by atomic mass is 9.71. The standard InChI is InChI=1S/C30H37N2O.BrH/c1-5-22-20-32(19-21-10-12-24(13-11-21)30(2,3)4)17-15-23(22)18-28(32)29(33)26-14-16-31-27-9-7-6-8-25(26)27;/h5-14,16,22-23,28-29,33H,1,15,17-20H2,2-4H3;1H/q+1;/p-1/t22-,23-,28+,29-,32?;/m0./s1. The van der Waals surface area contributed by atoms with Crippen molar-refractivity contribution in [3.8, 4) is 0 Å². The van der Waals surface area contributed by atoms with Gasteiger partial charge in [-0.3, -0.25) is 4.98 Å². The molecule has 2 aromatic carbocycles. The van der Waals surface area contributed by atoms with Crippen LogP contribution < -0.4 is 17.0 Å². The van der Waals surface area contributed by atoms with Gasteiger partial charge in [0.15, 0.2) is 0 Å². The number of aromatic nitrogens is 1. The summed E-state index contributed by atoms with van der Waals surface area (Å²) in [6, 6.07) is 19.6. The molecule has 4 heteroatoms. The monoisotopic (exact) mass is 520 g/mol. The molecule has 4 heterocycles. The van der Waals surface area contributed by atoms with E-state index in [0.29, 0.717) is 11.8 Å². The number of fused-ring (bicyclic) bond motifs is 4. The van der Waals surface area contributed by atoms with Crippen LogP contribution in [-0.4, -0.2) is 33.7 Å². The van der Waals surface area contributed by atoms with E-state index in [4.69, 9.17) is 0 Å². The van der Waals surface area contributed by atoms with E-state index in [0.717, 1.165) is 47.0 Å². The van der Waals surface area contributed by atoms with Crippen molar-refractivity contribution in [2.45, 2.75) is 57.7 Å². The zero-order chi connectivity index (χ0) is 23.2. The molecule has 0 radical (unpaired) electrons. The summed E-state index contributed by atoms with van der Waals surface area (Å²) in [5, 5.41) is 12.9. The van der Waals surface area contributed by atoms with E-state index in [1.807, 2.05) is 30.5 Å². The zero-order valence-electron chi connectivity index (χ0n) is 20.6. The first-order valence-corrected chi connectivity index (χ1v) is 12.4. The largest absolute Gasteiger partial charge is 1.00 e. The maximum Gasteiger partial charge on any atom is 0.131 e. The molecule has 3 nitrogen and oxygen atoms in total. The minimum Gasteiger partial charge on any atom is -1.00 e. The Labute approximate surface area is 214 Å². The van der Waals surface area contributed by atoms with E-state index >= 15 is 0 Å². The molecule has 6 rings (SSSR count). The molecule has 0 amide bonds. The Morgan fingerprint density at radius 1 is 1.12 bits per heavy atom. The number of hydrogen-bond donors (Lipinski definition) is 1. The van der Waals surface area contributed by atoms with Crippen molar-refractivity contribution in [2.75, 3.05) is 13.1 Å². The van der Waals surface area contributed by atoms with Gasteiger partial charge < -0.3 is 26.6 Å². The summed E-state index contributed by atoms with van der Waals surface area (Å²) in [6.07, 6.45) is 5.79. The number of halogens is 1. The second-order valence-electron chi connectivity index (χ2n) is 11.3.